The molecule has 1 unspecified atom stereocenters. The van der Waals surface area contributed by atoms with Gasteiger partial charge in [-0.25, -0.2) is 23.0 Å². The fraction of sp³-hybridized carbons (Fsp3) is 0.320. The van der Waals surface area contributed by atoms with Crippen LogP contribution in [0.2, 0.25) is 5.02 Å². The number of halogens is 4. The van der Waals surface area contributed by atoms with E-state index < -0.39 is 29.4 Å². The summed E-state index contributed by atoms with van der Waals surface area (Å²) in [6.07, 6.45) is 0.279. The Morgan fingerprint density at radius 2 is 1.86 bits per heavy atom. The van der Waals surface area contributed by atoms with Crippen molar-refractivity contribution in [3.63, 3.8) is 0 Å². The molecular weight excluding hydrogens is 511 g/mol. The minimum absolute atomic E-state index is 0.0258. The first-order valence-electron chi connectivity index (χ1n) is 11.6. The van der Waals surface area contributed by atoms with E-state index in [1.807, 2.05) is 0 Å². The van der Waals surface area contributed by atoms with Gasteiger partial charge in [-0.1, -0.05) is 11.6 Å². The average Bonchev–Trinajstić information content (AvgIpc) is 3.26. The third kappa shape index (κ3) is 5.51. The zero-order valence-corrected chi connectivity index (χ0v) is 20.9. The predicted molar refractivity (Wildman–Crippen MR) is 131 cm³/mol. The molecule has 0 radical (unpaired) electrons. The average molecular weight is 537 g/mol. The molecule has 0 saturated carbocycles. The maximum atomic E-state index is 14.4. The summed E-state index contributed by atoms with van der Waals surface area (Å²) < 4.78 is 47.7. The highest BCUT2D eigenvalue weighted by Crippen LogP contribution is 2.33. The highest BCUT2D eigenvalue weighted by Gasteiger charge is 2.34. The summed E-state index contributed by atoms with van der Waals surface area (Å²) in [6, 6.07) is 3.97. The lowest BCUT2D eigenvalue weighted by molar-refractivity contribution is -0.418. The Balaban J connectivity index is 1.57. The second kappa shape index (κ2) is 10.7. The molecule has 0 spiro atoms. The summed E-state index contributed by atoms with van der Waals surface area (Å²) in [4.78, 5) is 29.1. The molecule has 0 aromatic heterocycles. The first-order valence-corrected chi connectivity index (χ1v) is 11.9. The van der Waals surface area contributed by atoms with Gasteiger partial charge in [0.1, 0.15) is 36.9 Å². The molecule has 0 bridgehead atoms. The monoisotopic (exact) mass is 536 g/mol. The van der Waals surface area contributed by atoms with Crippen LogP contribution >= 0.6 is 11.6 Å². The number of benzene rings is 2. The smallest absolute Gasteiger partial charge is 0.315 e. The van der Waals surface area contributed by atoms with Crippen LogP contribution in [-0.4, -0.2) is 61.4 Å². The van der Waals surface area contributed by atoms with Crippen molar-refractivity contribution in [3.8, 4) is 5.75 Å². The van der Waals surface area contributed by atoms with Crippen LogP contribution in [0.1, 0.15) is 29.3 Å². The van der Waals surface area contributed by atoms with Crippen molar-refractivity contribution in [2.45, 2.75) is 25.4 Å². The summed E-state index contributed by atoms with van der Waals surface area (Å²) >= 11 is 6.43. The number of nitrogens with one attached hydrogen (secondary N) is 3. The van der Waals surface area contributed by atoms with E-state index >= 15 is 0 Å². The molecule has 4 rings (SSSR count). The van der Waals surface area contributed by atoms with Crippen LogP contribution in [0.15, 0.2) is 41.6 Å². The fourth-order valence-corrected chi connectivity index (χ4v) is 4.72. The third-order valence-corrected chi connectivity index (χ3v) is 6.74. The van der Waals surface area contributed by atoms with Crippen molar-refractivity contribution >= 4 is 29.3 Å². The van der Waals surface area contributed by atoms with Gasteiger partial charge in [0.05, 0.1) is 28.2 Å². The van der Waals surface area contributed by atoms with E-state index in [4.69, 9.17) is 22.1 Å². The van der Waals surface area contributed by atoms with Crippen LogP contribution in [0.4, 0.5) is 18.0 Å². The van der Waals surface area contributed by atoms with E-state index in [1.165, 1.54) is 17.0 Å². The number of ether oxygens (including phenoxy) is 1. The van der Waals surface area contributed by atoms with Crippen LogP contribution in [0.3, 0.4) is 0 Å². The van der Waals surface area contributed by atoms with Gasteiger partial charge in [-0.3, -0.25) is 4.79 Å². The third-order valence-electron chi connectivity index (χ3n) is 6.35. The molecular formula is C25H26ClF3N5O3+. The minimum atomic E-state index is -0.729. The van der Waals surface area contributed by atoms with Gasteiger partial charge in [0, 0.05) is 36.5 Å². The van der Waals surface area contributed by atoms with Crippen molar-refractivity contribution in [1.82, 2.24) is 15.5 Å². The van der Waals surface area contributed by atoms with Gasteiger partial charge in [-0.2, -0.15) is 0 Å². The highest BCUT2D eigenvalue weighted by molar-refractivity contribution is 6.35. The summed E-state index contributed by atoms with van der Waals surface area (Å²) in [5.41, 5.74) is 7.98. The number of carbonyl (C=O) groups excluding carboxylic acids is 2. The molecule has 0 aliphatic carbocycles. The van der Waals surface area contributed by atoms with Gasteiger partial charge in [0.25, 0.3) is 5.91 Å². The number of hydrogen-bond acceptors (Lipinski definition) is 4. The Morgan fingerprint density at radius 1 is 1.19 bits per heavy atom. The molecule has 1 fully saturated rings. The summed E-state index contributed by atoms with van der Waals surface area (Å²) in [5, 5.41) is 5.16. The summed E-state index contributed by atoms with van der Waals surface area (Å²) in [7, 11) is 1.61. The van der Waals surface area contributed by atoms with Crippen LogP contribution < -0.4 is 26.1 Å². The molecule has 2 aromatic carbocycles. The van der Waals surface area contributed by atoms with Crippen LogP contribution in [0, 0.1) is 17.5 Å². The lowest BCUT2D eigenvalue weighted by Crippen LogP contribution is -2.69. The van der Waals surface area contributed by atoms with E-state index in [9.17, 15) is 22.8 Å². The minimum Gasteiger partial charge on any atom is -0.490 e. The SMILES string of the molecule is C[NH+]=C(C1=C(N)[C@H](C)N(C(=O)c2cc(F)cc(OCC3CNC(=O)N3)c2Cl)CC1)c1cc(F)cc(F)c1. The molecule has 2 aromatic rings. The molecule has 5 N–H and O–H groups in total. The standard InChI is InChI=1S/C25H25ClF3N5O3/c1-12-22(30)18(23(31-2)13-5-14(27)7-15(28)6-13)3-4-34(12)24(35)19-8-16(29)9-20(21(19)26)37-11-17-10-32-25(36)33-17/h5-9,12,17H,3-4,10-11,30H2,1-2H3,(H2,32,33,36)/p+1/t12-,17?/m0/s1. The number of nitrogens with two attached hydrogens (primary N) is 1. The molecule has 2 aliphatic heterocycles. The molecule has 37 heavy (non-hydrogen) atoms. The van der Waals surface area contributed by atoms with E-state index in [1.54, 1.807) is 14.0 Å². The largest absolute Gasteiger partial charge is 0.490 e. The van der Waals surface area contributed by atoms with Gasteiger partial charge < -0.3 is 26.0 Å². The van der Waals surface area contributed by atoms with E-state index in [0.29, 0.717) is 23.5 Å². The zero-order valence-electron chi connectivity index (χ0n) is 20.1. The van der Waals surface area contributed by atoms with Gasteiger partial charge in [-0.15, -0.1) is 0 Å². The maximum absolute atomic E-state index is 14.4. The van der Waals surface area contributed by atoms with E-state index in [2.05, 4.69) is 15.6 Å². The Hall–Kier alpha value is -3.73. The van der Waals surface area contributed by atoms with Gasteiger partial charge in [0.2, 0.25) is 5.71 Å². The molecule has 2 heterocycles. The van der Waals surface area contributed by atoms with Gasteiger partial charge in [-0.05, 0) is 31.5 Å². The van der Waals surface area contributed by atoms with Crippen molar-refractivity contribution in [2.24, 2.45) is 5.73 Å². The molecule has 3 amide bonds. The fourth-order valence-electron chi connectivity index (χ4n) is 4.48. The molecule has 1 saturated heterocycles. The number of urea groups is 1. The van der Waals surface area contributed by atoms with Gasteiger partial charge in [0.15, 0.2) is 0 Å². The number of amides is 3. The summed E-state index contributed by atoms with van der Waals surface area (Å²) in [5.74, 6) is -2.76. The van der Waals surface area contributed by atoms with E-state index in [-0.39, 0.29) is 53.5 Å². The highest BCUT2D eigenvalue weighted by atomic mass is 35.5. The number of hydrogen-bond donors (Lipinski definition) is 4. The van der Waals surface area contributed by atoms with E-state index in [0.717, 1.165) is 18.2 Å². The van der Waals surface area contributed by atoms with Crippen molar-refractivity contribution in [2.75, 3.05) is 26.7 Å². The van der Waals surface area contributed by atoms with Crippen molar-refractivity contribution in [1.29, 1.82) is 0 Å². The van der Waals surface area contributed by atoms with Crippen LogP contribution in [0.25, 0.3) is 0 Å². The zero-order chi connectivity index (χ0) is 26.9. The Labute approximate surface area is 216 Å². The maximum Gasteiger partial charge on any atom is 0.315 e. The first kappa shape index (κ1) is 26.3. The number of rotatable bonds is 6. The molecule has 2 atom stereocenters. The Morgan fingerprint density at radius 3 is 2.49 bits per heavy atom. The number of carbonyl (C=O) groups is 2. The predicted octanol–water partition coefficient (Wildman–Crippen LogP) is 1.46. The Kier molecular flexibility index (Phi) is 7.63. The second-order valence-electron chi connectivity index (χ2n) is 8.77. The lowest BCUT2D eigenvalue weighted by atomic mass is 9.91. The summed E-state index contributed by atoms with van der Waals surface area (Å²) in [6.45, 7) is 2.26. The lowest BCUT2D eigenvalue weighted by Gasteiger charge is -2.35. The van der Waals surface area contributed by atoms with Crippen molar-refractivity contribution < 1.29 is 32.5 Å². The molecule has 196 valence electrons. The quantitative estimate of drug-likeness (QED) is 0.419. The Bertz CT molecular complexity index is 1300. The second-order valence-corrected chi connectivity index (χ2v) is 9.15. The van der Waals surface area contributed by atoms with Crippen LogP contribution in [0.5, 0.6) is 5.75 Å². The van der Waals surface area contributed by atoms with Crippen LogP contribution in [-0.2, 0) is 0 Å². The van der Waals surface area contributed by atoms with Crippen molar-refractivity contribution in [3.05, 3.63) is 75.2 Å². The normalized spacial score (nSPS) is 20.1. The molecule has 2 aliphatic rings. The molecule has 12 heteroatoms. The first-order chi connectivity index (χ1) is 17.6. The number of nitrogens with zero attached hydrogens (tertiary/aromatic N) is 1. The molecule has 8 nitrogen and oxygen atoms in total. The topological polar surface area (TPSA) is 111 Å². The van der Waals surface area contributed by atoms with Gasteiger partial charge >= 0.3 is 6.03 Å².